The van der Waals surface area contributed by atoms with Crippen molar-refractivity contribution < 1.29 is 8.81 Å². The molecule has 7 heteroatoms. The Morgan fingerprint density at radius 1 is 1.04 bits per heavy atom. The molecule has 4 nitrogen and oxygen atoms in total. The topological polar surface area (TPSA) is 51.8 Å². The number of fused-ring (bicyclic) bond motifs is 1. The van der Waals surface area contributed by atoms with Crippen LogP contribution in [0.4, 0.5) is 4.39 Å². The van der Waals surface area contributed by atoms with Gasteiger partial charge < -0.3 is 4.42 Å². The summed E-state index contributed by atoms with van der Waals surface area (Å²) in [6.45, 7) is 0. The number of benzene rings is 2. The molecule has 0 aliphatic heterocycles. The fourth-order valence-corrected chi connectivity index (χ4v) is 3.81. The molecule has 0 aliphatic carbocycles. The smallest absolute Gasteiger partial charge is 0.277 e. The molecule has 2 aromatic carbocycles. The molecule has 0 saturated heterocycles. The third-order valence-electron chi connectivity index (χ3n) is 3.15. The lowest BCUT2D eigenvalue weighted by Crippen LogP contribution is -1.78. The first kappa shape index (κ1) is 14.3. The van der Waals surface area contributed by atoms with Crippen LogP contribution in [0.25, 0.3) is 21.7 Å². The third kappa shape index (κ3) is 3.11. The molecule has 0 radical (unpaired) electrons. The van der Waals surface area contributed by atoms with E-state index >= 15 is 0 Å². The molecule has 4 aromatic rings. The van der Waals surface area contributed by atoms with E-state index in [1.807, 2.05) is 18.2 Å². The molecule has 0 saturated carbocycles. The summed E-state index contributed by atoms with van der Waals surface area (Å²) in [6, 6.07) is 14.0. The molecule has 0 bridgehead atoms. The Morgan fingerprint density at radius 2 is 1.87 bits per heavy atom. The van der Waals surface area contributed by atoms with Gasteiger partial charge in [-0.15, -0.1) is 21.5 Å². The molecule has 0 fully saturated rings. The van der Waals surface area contributed by atoms with Crippen molar-refractivity contribution in [3.63, 3.8) is 0 Å². The molecule has 4 rings (SSSR count). The van der Waals surface area contributed by atoms with Crippen LogP contribution in [0.15, 0.2) is 58.2 Å². The fraction of sp³-hybridized carbons (Fsp3) is 0.0625. The number of thioether (sulfide) groups is 1. The summed E-state index contributed by atoms with van der Waals surface area (Å²) in [4.78, 5) is 4.57. The lowest BCUT2D eigenvalue weighted by Gasteiger charge is -1.94. The van der Waals surface area contributed by atoms with Crippen LogP contribution in [-0.2, 0) is 5.75 Å². The van der Waals surface area contributed by atoms with Gasteiger partial charge in [-0.3, -0.25) is 0 Å². The van der Waals surface area contributed by atoms with Crippen LogP contribution in [0.1, 0.15) is 5.01 Å². The maximum Gasteiger partial charge on any atom is 0.277 e. The lowest BCUT2D eigenvalue weighted by atomic mass is 10.2. The van der Waals surface area contributed by atoms with Gasteiger partial charge in [0.05, 0.1) is 16.0 Å². The Labute approximate surface area is 139 Å². The minimum absolute atomic E-state index is 0.293. The number of hydrogen-bond acceptors (Lipinski definition) is 6. The molecule has 0 N–H and O–H groups in total. The summed E-state index contributed by atoms with van der Waals surface area (Å²) in [5.74, 6) is 0.764. The van der Waals surface area contributed by atoms with E-state index in [9.17, 15) is 4.39 Å². The SMILES string of the molecule is Fc1ccc(-c2nnc(SCc3nc4ccccc4s3)o2)cc1. The minimum Gasteiger partial charge on any atom is -0.411 e. The molecule has 23 heavy (non-hydrogen) atoms. The number of hydrogen-bond donors (Lipinski definition) is 0. The van der Waals surface area contributed by atoms with E-state index in [-0.39, 0.29) is 5.82 Å². The van der Waals surface area contributed by atoms with Crippen molar-refractivity contribution in [2.24, 2.45) is 0 Å². The fourth-order valence-electron chi connectivity index (χ4n) is 2.08. The highest BCUT2D eigenvalue weighted by Gasteiger charge is 2.11. The van der Waals surface area contributed by atoms with Gasteiger partial charge in [-0.05, 0) is 36.4 Å². The van der Waals surface area contributed by atoms with Crippen molar-refractivity contribution in [3.8, 4) is 11.5 Å². The highest BCUT2D eigenvalue weighted by molar-refractivity contribution is 7.98. The highest BCUT2D eigenvalue weighted by Crippen LogP contribution is 2.29. The maximum absolute atomic E-state index is 12.9. The number of thiazole rings is 1. The summed E-state index contributed by atoms with van der Waals surface area (Å²) in [7, 11) is 0. The first-order valence-corrected chi connectivity index (χ1v) is 8.65. The van der Waals surface area contributed by atoms with Crippen molar-refractivity contribution >= 4 is 33.3 Å². The molecule has 0 atom stereocenters. The first-order chi connectivity index (χ1) is 11.3. The molecule has 2 heterocycles. The van der Waals surface area contributed by atoms with Crippen LogP contribution in [-0.4, -0.2) is 15.2 Å². The van der Waals surface area contributed by atoms with Crippen LogP contribution in [0.3, 0.4) is 0 Å². The minimum atomic E-state index is -0.293. The second-order valence-electron chi connectivity index (χ2n) is 4.74. The van der Waals surface area contributed by atoms with Gasteiger partial charge in [0.2, 0.25) is 5.89 Å². The number of nitrogens with zero attached hydrogens (tertiary/aromatic N) is 3. The van der Waals surface area contributed by atoms with Crippen molar-refractivity contribution in [1.29, 1.82) is 0 Å². The third-order valence-corrected chi connectivity index (χ3v) is 5.20. The van der Waals surface area contributed by atoms with Crippen molar-refractivity contribution in [2.45, 2.75) is 11.0 Å². The Hall–Kier alpha value is -2.25. The quantitative estimate of drug-likeness (QED) is 0.499. The van der Waals surface area contributed by atoms with Crippen LogP contribution in [0.5, 0.6) is 0 Å². The summed E-state index contributed by atoms with van der Waals surface area (Å²) in [6.07, 6.45) is 0. The second-order valence-corrected chi connectivity index (χ2v) is 6.79. The summed E-state index contributed by atoms with van der Waals surface area (Å²) in [5.41, 5.74) is 1.70. The highest BCUT2D eigenvalue weighted by atomic mass is 32.2. The monoisotopic (exact) mass is 343 g/mol. The van der Waals surface area contributed by atoms with Crippen molar-refractivity contribution in [3.05, 3.63) is 59.4 Å². The van der Waals surface area contributed by atoms with Gasteiger partial charge >= 0.3 is 0 Å². The van der Waals surface area contributed by atoms with Gasteiger partial charge in [0, 0.05) is 5.56 Å². The van der Waals surface area contributed by atoms with E-state index in [0.29, 0.717) is 22.4 Å². The average molecular weight is 343 g/mol. The normalized spacial score (nSPS) is 11.2. The molecular formula is C16H10FN3OS2. The van der Waals surface area contributed by atoms with Gasteiger partial charge in [-0.1, -0.05) is 23.9 Å². The molecule has 0 aliphatic rings. The number of aromatic nitrogens is 3. The van der Waals surface area contributed by atoms with E-state index in [1.54, 1.807) is 23.5 Å². The van der Waals surface area contributed by atoms with Crippen LogP contribution in [0, 0.1) is 5.82 Å². The average Bonchev–Trinajstić information content (AvgIpc) is 3.20. The van der Waals surface area contributed by atoms with Crippen LogP contribution >= 0.6 is 23.1 Å². The van der Waals surface area contributed by atoms with E-state index in [4.69, 9.17) is 4.42 Å². The van der Waals surface area contributed by atoms with Gasteiger partial charge in [-0.2, -0.15) is 0 Å². The van der Waals surface area contributed by atoms with E-state index in [1.165, 1.54) is 28.6 Å². The maximum atomic E-state index is 12.9. The van der Waals surface area contributed by atoms with E-state index < -0.39 is 0 Å². The molecule has 0 spiro atoms. The van der Waals surface area contributed by atoms with Crippen molar-refractivity contribution in [2.75, 3.05) is 0 Å². The zero-order valence-electron chi connectivity index (χ0n) is 11.8. The molecular weight excluding hydrogens is 333 g/mol. The Kier molecular flexibility index (Phi) is 3.80. The summed E-state index contributed by atoms with van der Waals surface area (Å²) >= 11 is 3.10. The lowest BCUT2D eigenvalue weighted by molar-refractivity contribution is 0.465. The van der Waals surface area contributed by atoms with Gasteiger partial charge in [0.25, 0.3) is 5.22 Å². The number of halogens is 1. The zero-order valence-corrected chi connectivity index (χ0v) is 13.4. The zero-order chi connectivity index (χ0) is 15.6. The molecule has 0 unspecified atom stereocenters. The number of rotatable bonds is 4. The van der Waals surface area contributed by atoms with Crippen molar-refractivity contribution in [1.82, 2.24) is 15.2 Å². The number of para-hydroxylation sites is 1. The summed E-state index contributed by atoms with van der Waals surface area (Å²) in [5, 5.41) is 9.49. The first-order valence-electron chi connectivity index (χ1n) is 6.84. The van der Waals surface area contributed by atoms with Crippen LogP contribution < -0.4 is 0 Å². The Balaban J connectivity index is 1.48. The molecule has 2 aromatic heterocycles. The largest absolute Gasteiger partial charge is 0.411 e. The van der Waals surface area contributed by atoms with Crippen LogP contribution in [0.2, 0.25) is 0 Å². The standard InChI is InChI=1S/C16H10FN3OS2/c17-11-7-5-10(6-8-11)15-19-20-16(21-15)22-9-14-18-12-3-1-2-4-13(12)23-14/h1-8H,9H2. The van der Waals surface area contributed by atoms with Gasteiger partial charge in [-0.25, -0.2) is 9.37 Å². The predicted molar refractivity (Wildman–Crippen MR) is 88.9 cm³/mol. The van der Waals surface area contributed by atoms with Gasteiger partial charge in [0.15, 0.2) is 0 Å². The van der Waals surface area contributed by atoms with E-state index in [0.717, 1.165) is 10.5 Å². The van der Waals surface area contributed by atoms with E-state index in [2.05, 4.69) is 21.2 Å². The predicted octanol–water partition coefficient (Wildman–Crippen LogP) is 4.78. The molecule has 114 valence electrons. The second kappa shape index (κ2) is 6.10. The Bertz CT molecular complexity index is 916. The summed E-state index contributed by atoms with van der Waals surface area (Å²) < 4.78 is 19.7. The Morgan fingerprint density at radius 3 is 2.70 bits per heavy atom. The molecule has 0 amide bonds. The van der Waals surface area contributed by atoms with Gasteiger partial charge in [0.1, 0.15) is 10.8 Å².